The van der Waals surface area contributed by atoms with Crippen molar-refractivity contribution in [2.45, 2.75) is 20.9 Å². The van der Waals surface area contributed by atoms with Crippen LogP contribution in [0.5, 0.6) is 0 Å². The normalized spacial score (nSPS) is 43.6. The summed E-state index contributed by atoms with van der Waals surface area (Å²) >= 11 is 14.8. The monoisotopic (exact) mass is 495 g/mol. The molecule has 2 bridgehead atoms. The van der Waals surface area contributed by atoms with Gasteiger partial charge in [0.05, 0.1) is 0 Å². The number of fused-ring (bicyclic) bond motifs is 2. The summed E-state index contributed by atoms with van der Waals surface area (Å²) in [7, 11) is 3.31. The van der Waals surface area contributed by atoms with E-state index in [9.17, 15) is 0 Å². The number of hydrogen-bond donors (Lipinski definition) is 1. The topological polar surface area (TPSA) is 44.5 Å². The number of ether oxygens (including phenoxy) is 2. The lowest BCUT2D eigenvalue weighted by molar-refractivity contribution is -0.212. The van der Waals surface area contributed by atoms with Gasteiger partial charge in [0.15, 0.2) is 0 Å². The molecule has 0 radical (unpaired) electrons. The molecule has 1 fully saturated rings. The number of nitrogens with two attached hydrogens (primary N) is 1. The van der Waals surface area contributed by atoms with Gasteiger partial charge in [0, 0.05) is 23.2 Å². The van der Waals surface area contributed by atoms with E-state index in [4.69, 9.17) is 15.2 Å². The summed E-state index contributed by atoms with van der Waals surface area (Å²) in [5.74, 6) is -0.598. The zero-order valence-corrected chi connectivity index (χ0v) is 15.7. The molecular weight excluding hydrogens is 486 g/mol. The largest absolute Gasteiger partial charge is 0.350 e. The Hall–Kier alpha value is 1.54. The third-order valence-electron chi connectivity index (χ3n) is 3.81. The zero-order valence-electron chi connectivity index (χ0n) is 9.40. The molecule has 2 aliphatic rings. The quantitative estimate of drug-likeness (QED) is 0.480. The zero-order chi connectivity index (χ0) is 13.1. The summed E-state index contributed by atoms with van der Waals surface area (Å²) < 4.78 is 12.6. The average molecular weight is 499 g/mol. The van der Waals surface area contributed by atoms with Gasteiger partial charge in [0.25, 0.3) is 0 Å². The Morgan fingerprint density at radius 1 is 1.24 bits per heavy atom. The molecule has 0 aromatic carbocycles. The first-order valence-corrected chi connectivity index (χ1v) is 8.27. The molecule has 2 rings (SSSR count). The van der Waals surface area contributed by atoms with E-state index in [-0.39, 0.29) is 5.92 Å². The van der Waals surface area contributed by atoms with Gasteiger partial charge in [-0.25, -0.2) is 0 Å². The molecule has 0 aliphatic heterocycles. The van der Waals surface area contributed by atoms with Crippen molar-refractivity contribution in [2.75, 3.05) is 20.8 Å². The van der Waals surface area contributed by atoms with Crippen LogP contribution in [0.25, 0.3) is 0 Å². The number of halogens is 4. The van der Waals surface area contributed by atoms with Gasteiger partial charge < -0.3 is 15.2 Å². The minimum Gasteiger partial charge on any atom is -0.350 e. The molecule has 0 heterocycles. The van der Waals surface area contributed by atoms with Crippen molar-refractivity contribution in [1.82, 2.24) is 0 Å². The molecule has 0 amide bonds. The highest BCUT2D eigenvalue weighted by atomic mass is 79.9. The van der Waals surface area contributed by atoms with Crippen molar-refractivity contribution in [2.24, 2.45) is 11.7 Å². The number of alkyl halides is 2. The fourth-order valence-electron chi connectivity index (χ4n) is 3.01. The fourth-order valence-corrected chi connectivity index (χ4v) is 7.90. The van der Waals surface area contributed by atoms with Gasteiger partial charge in [-0.3, -0.25) is 0 Å². The average Bonchev–Trinajstić information content (AvgIpc) is 2.60. The van der Waals surface area contributed by atoms with E-state index >= 15 is 0 Å². The molecule has 0 saturated heterocycles. The molecule has 98 valence electrons. The molecule has 3 atom stereocenters. The van der Waals surface area contributed by atoms with Crippen molar-refractivity contribution < 1.29 is 9.47 Å². The lowest BCUT2D eigenvalue weighted by Gasteiger charge is -2.42. The second-order valence-electron chi connectivity index (χ2n) is 4.30. The van der Waals surface area contributed by atoms with Gasteiger partial charge in [-0.15, -0.1) is 0 Å². The van der Waals surface area contributed by atoms with E-state index in [1.165, 1.54) is 0 Å². The smallest absolute Gasteiger partial charge is 0.208 e. The summed E-state index contributed by atoms with van der Waals surface area (Å²) in [6, 6.07) is 0. The summed E-state index contributed by atoms with van der Waals surface area (Å²) in [4.78, 5) is 0. The van der Waals surface area contributed by atoms with Crippen molar-refractivity contribution in [3.8, 4) is 0 Å². The first kappa shape index (κ1) is 14.9. The predicted octanol–water partition coefficient (Wildman–Crippen LogP) is 3.24. The Morgan fingerprint density at radius 3 is 2.12 bits per heavy atom. The Bertz CT molecular complexity index is 385. The van der Waals surface area contributed by atoms with Crippen LogP contribution in [0.15, 0.2) is 8.96 Å². The van der Waals surface area contributed by atoms with Crippen LogP contribution in [-0.4, -0.2) is 35.2 Å². The van der Waals surface area contributed by atoms with Crippen LogP contribution < -0.4 is 5.73 Å². The number of hydrogen-bond acceptors (Lipinski definition) is 3. The highest BCUT2D eigenvalue weighted by molar-refractivity contribution is 9.16. The van der Waals surface area contributed by atoms with Crippen LogP contribution in [0.3, 0.4) is 0 Å². The van der Waals surface area contributed by atoms with Gasteiger partial charge in [0.1, 0.15) is 8.65 Å². The Balaban J connectivity index is 2.68. The molecule has 2 N–H and O–H groups in total. The standard InChI is InChI=1S/C10H13Br4NO2/c1-16-10(17-2)8(13)3-5(4-15)9(10,14)7(12)6(8)11/h5H,3-4,15H2,1-2H3. The highest BCUT2D eigenvalue weighted by Gasteiger charge is 2.79. The van der Waals surface area contributed by atoms with Crippen LogP contribution in [-0.2, 0) is 9.47 Å². The van der Waals surface area contributed by atoms with Gasteiger partial charge in [-0.05, 0) is 18.9 Å². The minimum atomic E-state index is -0.818. The molecule has 2 aliphatic carbocycles. The summed E-state index contributed by atoms with van der Waals surface area (Å²) in [6.07, 6.45) is 0.839. The molecule has 0 spiro atoms. The van der Waals surface area contributed by atoms with E-state index in [0.717, 1.165) is 15.4 Å². The summed E-state index contributed by atoms with van der Waals surface area (Å²) in [5.41, 5.74) is 5.88. The molecule has 3 nitrogen and oxygen atoms in total. The molecular formula is C10H13Br4NO2. The third kappa shape index (κ3) is 1.42. The maximum atomic E-state index is 5.88. The molecule has 1 saturated carbocycles. The van der Waals surface area contributed by atoms with E-state index in [2.05, 4.69) is 63.7 Å². The maximum Gasteiger partial charge on any atom is 0.208 e. The second kappa shape index (κ2) is 4.53. The molecule has 3 unspecified atom stereocenters. The van der Waals surface area contributed by atoms with Gasteiger partial charge >= 0.3 is 0 Å². The summed E-state index contributed by atoms with van der Waals surface area (Å²) in [6.45, 7) is 0.558. The van der Waals surface area contributed by atoms with E-state index in [1.807, 2.05) is 0 Å². The van der Waals surface area contributed by atoms with Crippen molar-refractivity contribution >= 4 is 63.7 Å². The number of methoxy groups -OCH3 is 2. The third-order valence-corrected chi connectivity index (χ3v) is 10.3. The molecule has 7 heteroatoms. The molecule has 0 aromatic heterocycles. The van der Waals surface area contributed by atoms with Crippen LogP contribution in [0.4, 0.5) is 0 Å². The SMILES string of the molecule is COC1(OC)C2(Br)CC(CN)C1(Br)C(Br)=C2Br. The van der Waals surface area contributed by atoms with Crippen molar-refractivity contribution in [3.05, 3.63) is 8.96 Å². The lowest BCUT2D eigenvalue weighted by Crippen LogP contribution is -2.56. The van der Waals surface area contributed by atoms with E-state index in [1.54, 1.807) is 14.2 Å². The predicted molar refractivity (Wildman–Crippen MR) is 82.1 cm³/mol. The highest BCUT2D eigenvalue weighted by Crippen LogP contribution is 2.73. The van der Waals surface area contributed by atoms with Gasteiger partial charge in [-0.2, -0.15) is 0 Å². The van der Waals surface area contributed by atoms with Gasteiger partial charge in [0.2, 0.25) is 5.79 Å². The van der Waals surface area contributed by atoms with Gasteiger partial charge in [-0.1, -0.05) is 63.7 Å². The van der Waals surface area contributed by atoms with E-state index < -0.39 is 14.4 Å². The maximum absolute atomic E-state index is 5.88. The second-order valence-corrected chi connectivity index (χ2v) is 8.49. The van der Waals surface area contributed by atoms with Crippen LogP contribution >= 0.6 is 63.7 Å². The minimum absolute atomic E-state index is 0.220. The van der Waals surface area contributed by atoms with Crippen LogP contribution in [0, 0.1) is 5.92 Å². The Labute approximate surface area is 134 Å². The lowest BCUT2D eigenvalue weighted by atomic mass is 9.92. The van der Waals surface area contributed by atoms with E-state index in [0.29, 0.717) is 6.54 Å². The Morgan fingerprint density at radius 2 is 1.76 bits per heavy atom. The van der Waals surface area contributed by atoms with Crippen molar-refractivity contribution in [1.29, 1.82) is 0 Å². The molecule has 0 aromatic rings. The van der Waals surface area contributed by atoms with Crippen LogP contribution in [0.2, 0.25) is 0 Å². The Kier molecular flexibility index (Phi) is 3.98. The van der Waals surface area contributed by atoms with Crippen LogP contribution in [0.1, 0.15) is 6.42 Å². The van der Waals surface area contributed by atoms with Crippen molar-refractivity contribution in [3.63, 3.8) is 0 Å². The summed E-state index contributed by atoms with van der Waals surface area (Å²) in [5, 5.41) is 0. The molecule has 17 heavy (non-hydrogen) atoms. The fraction of sp³-hybridized carbons (Fsp3) is 0.800. The first-order chi connectivity index (χ1) is 7.85. The number of rotatable bonds is 3. The first-order valence-electron chi connectivity index (χ1n) is 5.10.